The third-order valence-corrected chi connectivity index (χ3v) is 7.10. The van der Waals surface area contributed by atoms with Crippen molar-refractivity contribution in [2.24, 2.45) is 34.5 Å². The molecule has 0 aliphatic heterocycles. The summed E-state index contributed by atoms with van der Waals surface area (Å²) in [5.41, 5.74) is 0.819. The van der Waals surface area contributed by atoms with E-state index in [1.807, 2.05) is 0 Å². The maximum absolute atomic E-state index is 10.4. The molecule has 0 aromatic rings. The van der Waals surface area contributed by atoms with E-state index >= 15 is 0 Å². The number of aliphatic hydroxyl groups is 1. The van der Waals surface area contributed by atoms with Crippen LogP contribution in [0.1, 0.15) is 52.9 Å². The molecule has 3 fully saturated rings. The molecule has 104 valence electrons. The maximum Gasteiger partial charge on any atom is 0.0711 e. The van der Waals surface area contributed by atoms with Crippen LogP contribution in [-0.2, 0) is 0 Å². The molecule has 3 saturated carbocycles. The van der Waals surface area contributed by atoms with Crippen LogP contribution in [-0.4, -0.2) is 17.1 Å². The SMILES string of the molecule is CC1(C)CCC[C@]2(C)[C@@H]([C@H](O)CCl)[C@H]3CC[C@@H]2[C@H]31. The van der Waals surface area contributed by atoms with E-state index in [1.165, 1.54) is 32.1 Å². The Hall–Kier alpha value is 0.250. The molecule has 0 saturated heterocycles. The molecule has 18 heavy (non-hydrogen) atoms. The van der Waals surface area contributed by atoms with Gasteiger partial charge in [-0.2, -0.15) is 0 Å². The van der Waals surface area contributed by atoms with Crippen LogP contribution in [0, 0.1) is 34.5 Å². The van der Waals surface area contributed by atoms with Crippen LogP contribution in [0.4, 0.5) is 0 Å². The van der Waals surface area contributed by atoms with Crippen LogP contribution in [0.5, 0.6) is 0 Å². The van der Waals surface area contributed by atoms with Gasteiger partial charge >= 0.3 is 0 Å². The lowest BCUT2D eigenvalue weighted by Crippen LogP contribution is -2.42. The second-order valence-corrected chi connectivity index (χ2v) is 8.28. The molecule has 0 aromatic heterocycles. The van der Waals surface area contributed by atoms with Crippen molar-refractivity contribution < 1.29 is 5.11 Å². The Balaban J connectivity index is 2.02. The molecule has 0 aromatic carbocycles. The van der Waals surface area contributed by atoms with Gasteiger partial charge in [-0.25, -0.2) is 0 Å². The van der Waals surface area contributed by atoms with Crippen LogP contribution < -0.4 is 0 Å². The molecular weight excluding hydrogens is 244 g/mol. The third-order valence-electron chi connectivity index (χ3n) is 6.79. The first-order chi connectivity index (χ1) is 8.42. The standard InChI is InChI=1S/C16H27ClO/c1-15(2)7-4-8-16(3)11-6-5-10(13(11)15)14(16)12(18)9-17/h10-14,18H,4-9H2,1-3H3/t10-,11+,12+,13-,14+,16-/m0/s1. The molecule has 0 unspecified atom stereocenters. The lowest BCUT2D eigenvalue weighted by Gasteiger charge is -2.43. The first kappa shape index (κ1) is 13.2. The molecule has 1 nitrogen and oxygen atoms in total. The average molecular weight is 271 g/mol. The Morgan fingerprint density at radius 2 is 1.94 bits per heavy atom. The Morgan fingerprint density at radius 1 is 1.22 bits per heavy atom. The Morgan fingerprint density at radius 3 is 2.61 bits per heavy atom. The summed E-state index contributed by atoms with van der Waals surface area (Å²) in [5, 5.41) is 10.4. The minimum Gasteiger partial charge on any atom is -0.392 e. The van der Waals surface area contributed by atoms with E-state index in [0.29, 0.717) is 22.6 Å². The zero-order valence-electron chi connectivity index (χ0n) is 12.0. The first-order valence-corrected chi connectivity index (χ1v) is 8.19. The molecule has 4 bridgehead atoms. The van der Waals surface area contributed by atoms with E-state index in [1.54, 1.807) is 0 Å². The Bertz CT molecular complexity index is 340. The van der Waals surface area contributed by atoms with Crippen LogP contribution in [0.15, 0.2) is 0 Å². The highest BCUT2D eigenvalue weighted by Gasteiger charge is 2.65. The zero-order chi connectivity index (χ0) is 13.1. The van der Waals surface area contributed by atoms with Crippen LogP contribution >= 0.6 is 11.6 Å². The van der Waals surface area contributed by atoms with E-state index in [-0.39, 0.29) is 6.10 Å². The molecule has 3 rings (SSSR count). The van der Waals surface area contributed by atoms with Gasteiger partial charge < -0.3 is 5.11 Å². The molecule has 1 N–H and O–H groups in total. The minimum atomic E-state index is -0.289. The molecular formula is C16H27ClO. The van der Waals surface area contributed by atoms with Gasteiger partial charge in [0, 0.05) is 5.88 Å². The molecule has 0 heterocycles. The molecule has 3 aliphatic rings. The predicted octanol–water partition coefficient (Wildman–Crippen LogP) is 4.07. The molecule has 3 aliphatic carbocycles. The van der Waals surface area contributed by atoms with Crippen molar-refractivity contribution in [2.45, 2.75) is 59.0 Å². The quantitative estimate of drug-likeness (QED) is 0.750. The lowest BCUT2D eigenvalue weighted by molar-refractivity contribution is -0.0100. The summed E-state index contributed by atoms with van der Waals surface area (Å²) in [7, 11) is 0. The van der Waals surface area contributed by atoms with E-state index in [9.17, 15) is 5.11 Å². The number of hydrogen-bond donors (Lipinski definition) is 1. The van der Waals surface area contributed by atoms with E-state index in [2.05, 4.69) is 20.8 Å². The maximum atomic E-state index is 10.4. The Kier molecular flexibility index (Phi) is 3.03. The van der Waals surface area contributed by atoms with E-state index in [0.717, 1.165) is 17.8 Å². The highest BCUT2D eigenvalue weighted by atomic mass is 35.5. The predicted molar refractivity (Wildman–Crippen MR) is 75.7 cm³/mol. The van der Waals surface area contributed by atoms with Crippen molar-refractivity contribution >= 4 is 11.6 Å². The van der Waals surface area contributed by atoms with E-state index < -0.39 is 0 Å². The summed E-state index contributed by atoms with van der Waals surface area (Å²) in [6.45, 7) is 7.38. The van der Waals surface area contributed by atoms with Gasteiger partial charge in [-0.15, -0.1) is 11.6 Å². The minimum absolute atomic E-state index is 0.289. The smallest absolute Gasteiger partial charge is 0.0711 e. The van der Waals surface area contributed by atoms with Crippen molar-refractivity contribution in [3.63, 3.8) is 0 Å². The van der Waals surface area contributed by atoms with Crippen molar-refractivity contribution in [1.29, 1.82) is 0 Å². The average Bonchev–Trinajstić information content (AvgIpc) is 2.79. The van der Waals surface area contributed by atoms with Crippen molar-refractivity contribution in [1.82, 2.24) is 0 Å². The fourth-order valence-corrected chi connectivity index (χ4v) is 6.49. The van der Waals surface area contributed by atoms with Crippen molar-refractivity contribution in [2.75, 3.05) is 5.88 Å². The molecule has 6 atom stereocenters. The fraction of sp³-hybridized carbons (Fsp3) is 1.00. The second kappa shape index (κ2) is 4.12. The Labute approximate surface area is 116 Å². The zero-order valence-corrected chi connectivity index (χ0v) is 12.7. The summed E-state index contributed by atoms with van der Waals surface area (Å²) in [6, 6.07) is 0. The topological polar surface area (TPSA) is 20.2 Å². The van der Waals surface area contributed by atoms with Crippen LogP contribution in [0.25, 0.3) is 0 Å². The van der Waals surface area contributed by atoms with Gasteiger partial charge in [0.2, 0.25) is 0 Å². The number of aliphatic hydroxyl groups excluding tert-OH is 1. The van der Waals surface area contributed by atoms with Crippen molar-refractivity contribution in [3.05, 3.63) is 0 Å². The number of halogens is 1. The molecule has 2 heteroatoms. The van der Waals surface area contributed by atoms with Crippen LogP contribution in [0.2, 0.25) is 0 Å². The van der Waals surface area contributed by atoms with Crippen LogP contribution in [0.3, 0.4) is 0 Å². The number of rotatable bonds is 2. The molecule has 0 radical (unpaired) electrons. The molecule has 0 spiro atoms. The summed E-state index contributed by atoms with van der Waals surface area (Å²) in [6.07, 6.45) is 6.42. The van der Waals surface area contributed by atoms with Gasteiger partial charge in [-0.1, -0.05) is 27.2 Å². The highest BCUT2D eigenvalue weighted by Crippen LogP contribution is 2.71. The lowest BCUT2D eigenvalue weighted by atomic mass is 9.63. The summed E-state index contributed by atoms with van der Waals surface area (Å²) in [4.78, 5) is 0. The van der Waals surface area contributed by atoms with Gasteiger partial charge in [0.25, 0.3) is 0 Å². The monoisotopic (exact) mass is 270 g/mol. The fourth-order valence-electron chi connectivity index (χ4n) is 6.30. The van der Waals surface area contributed by atoms with Gasteiger partial charge in [0.1, 0.15) is 0 Å². The number of alkyl halides is 1. The third kappa shape index (κ3) is 1.56. The van der Waals surface area contributed by atoms with E-state index in [4.69, 9.17) is 11.6 Å². The summed E-state index contributed by atoms with van der Waals surface area (Å²) < 4.78 is 0. The summed E-state index contributed by atoms with van der Waals surface area (Å²) in [5.74, 6) is 3.26. The van der Waals surface area contributed by atoms with Gasteiger partial charge in [-0.3, -0.25) is 0 Å². The van der Waals surface area contributed by atoms with Gasteiger partial charge in [0.05, 0.1) is 6.10 Å². The largest absolute Gasteiger partial charge is 0.392 e. The highest BCUT2D eigenvalue weighted by molar-refractivity contribution is 6.18. The first-order valence-electron chi connectivity index (χ1n) is 7.66. The van der Waals surface area contributed by atoms with Crippen molar-refractivity contribution in [3.8, 4) is 0 Å². The normalized spacial score (nSPS) is 51.2. The van der Waals surface area contributed by atoms with Gasteiger partial charge in [-0.05, 0) is 60.2 Å². The second-order valence-electron chi connectivity index (χ2n) is 7.97. The number of hydrogen-bond acceptors (Lipinski definition) is 1. The van der Waals surface area contributed by atoms with Gasteiger partial charge in [0.15, 0.2) is 0 Å². The molecule has 0 amide bonds. The summed E-state index contributed by atoms with van der Waals surface area (Å²) >= 11 is 5.98.